The van der Waals surface area contributed by atoms with Crippen molar-refractivity contribution < 1.29 is 42.9 Å². The molecule has 17 nitrogen and oxygen atoms in total. The first-order chi connectivity index (χ1) is 34.0. The minimum Gasteiger partial charge on any atom is -0.382 e. The molecule has 70 heavy (non-hydrogen) atoms. The zero-order valence-electron chi connectivity index (χ0n) is 40.5. The van der Waals surface area contributed by atoms with E-state index in [9.17, 15) is 29.2 Å². The van der Waals surface area contributed by atoms with Crippen molar-refractivity contribution in [3.05, 3.63) is 93.2 Å². The molecule has 0 saturated carbocycles. The molecule has 0 radical (unpaired) electrons. The Kier molecular flexibility index (Phi) is 15.0. The predicted octanol–water partition coefficient (Wildman–Crippen LogP) is 4.52. The lowest BCUT2D eigenvalue weighted by atomic mass is 9.70. The standard InChI is InChI=1S/C53H64N8O9/c1-4-35-29-39-41(53(2,3)50-48(49(39)64)38-9-8-34(31-54)28-43(38)56-50)30-45(35)59-15-12-36(13-16-59)58-17-19-60(20-18-58)47(63)33-70-27-26-69-25-24-68-23-22-67-21-14-55-42-7-5-6-37-40(42)32-61(52(37)66)44-10-11-46(62)57-51(44)65/h5-9,28-30,36,44,55-56H,4,10-27,32-33H2,1-3H3,(H,57,62,65). The first-order valence-corrected chi connectivity index (χ1v) is 24.8. The van der Waals surface area contributed by atoms with Crippen molar-refractivity contribution in [2.24, 2.45) is 0 Å². The summed E-state index contributed by atoms with van der Waals surface area (Å²) in [5.74, 6) is -0.901. The van der Waals surface area contributed by atoms with Gasteiger partial charge in [-0.2, -0.15) is 5.26 Å². The highest BCUT2D eigenvalue weighted by atomic mass is 16.6. The van der Waals surface area contributed by atoms with Crippen molar-refractivity contribution in [2.75, 3.05) is 109 Å². The van der Waals surface area contributed by atoms with Crippen LogP contribution in [0.5, 0.6) is 0 Å². The van der Waals surface area contributed by atoms with E-state index in [4.69, 9.17) is 18.9 Å². The summed E-state index contributed by atoms with van der Waals surface area (Å²) in [4.78, 5) is 76.2. The maximum atomic E-state index is 14.1. The number of aromatic amines is 1. The van der Waals surface area contributed by atoms with Gasteiger partial charge in [0.2, 0.25) is 17.7 Å². The van der Waals surface area contributed by atoms with Crippen LogP contribution in [-0.4, -0.2) is 160 Å². The number of benzene rings is 3. The predicted molar refractivity (Wildman–Crippen MR) is 262 cm³/mol. The Hall–Kier alpha value is -6.16. The number of anilines is 2. The van der Waals surface area contributed by atoms with Gasteiger partial charge in [-0.15, -0.1) is 0 Å². The van der Waals surface area contributed by atoms with Crippen LogP contribution in [0, 0.1) is 11.3 Å². The minimum absolute atomic E-state index is 0.000368. The van der Waals surface area contributed by atoms with Crippen molar-refractivity contribution in [2.45, 2.75) is 76.9 Å². The third-order valence-corrected chi connectivity index (χ3v) is 14.8. The number of rotatable bonds is 19. The number of ether oxygens (including phenoxy) is 4. The fourth-order valence-electron chi connectivity index (χ4n) is 10.9. The van der Waals surface area contributed by atoms with Gasteiger partial charge < -0.3 is 43.9 Å². The van der Waals surface area contributed by atoms with Gasteiger partial charge in [0.1, 0.15) is 12.6 Å². The molecular weight excluding hydrogens is 893 g/mol. The van der Waals surface area contributed by atoms with E-state index in [2.05, 4.69) is 64.4 Å². The Morgan fingerprint density at radius 2 is 1.56 bits per heavy atom. The van der Waals surface area contributed by atoms with E-state index in [1.807, 2.05) is 29.2 Å². The van der Waals surface area contributed by atoms with Crippen molar-refractivity contribution in [1.29, 1.82) is 5.26 Å². The number of carbonyl (C=O) groups is 5. The van der Waals surface area contributed by atoms with Crippen molar-refractivity contribution in [3.63, 3.8) is 0 Å². The summed E-state index contributed by atoms with van der Waals surface area (Å²) in [5, 5.41) is 16.0. The molecule has 5 aliphatic rings. The average Bonchev–Trinajstić information content (AvgIpc) is 3.94. The van der Waals surface area contributed by atoms with Gasteiger partial charge in [-0.1, -0.05) is 32.9 Å². The van der Waals surface area contributed by atoms with E-state index in [1.54, 1.807) is 17.0 Å². The normalized spacial score (nSPS) is 19.3. The summed E-state index contributed by atoms with van der Waals surface area (Å²) in [6.07, 6.45) is 3.43. The molecule has 4 aliphatic heterocycles. The molecule has 1 aliphatic carbocycles. The smallest absolute Gasteiger partial charge is 0.255 e. The van der Waals surface area contributed by atoms with Crippen LogP contribution in [0.4, 0.5) is 11.4 Å². The largest absolute Gasteiger partial charge is 0.382 e. The lowest BCUT2D eigenvalue weighted by Gasteiger charge is -2.44. The zero-order chi connectivity index (χ0) is 48.9. The summed E-state index contributed by atoms with van der Waals surface area (Å²) in [6, 6.07) is 17.4. The number of carbonyl (C=O) groups excluding carboxylic acids is 5. The van der Waals surface area contributed by atoms with Gasteiger partial charge in [-0.3, -0.25) is 34.2 Å². The number of nitrogens with one attached hydrogen (secondary N) is 3. The first-order valence-electron chi connectivity index (χ1n) is 24.8. The Morgan fingerprint density at radius 1 is 0.843 bits per heavy atom. The molecule has 9 rings (SSSR count). The molecule has 0 bridgehead atoms. The second-order valence-electron chi connectivity index (χ2n) is 19.3. The van der Waals surface area contributed by atoms with Crippen LogP contribution in [0.15, 0.2) is 48.5 Å². The zero-order valence-corrected chi connectivity index (χ0v) is 40.5. The van der Waals surface area contributed by atoms with E-state index >= 15 is 0 Å². The fraction of sp³-hybridized carbons (Fsp3) is 0.509. The highest BCUT2D eigenvalue weighted by molar-refractivity contribution is 6.20. The highest BCUT2D eigenvalue weighted by Gasteiger charge is 2.42. The van der Waals surface area contributed by atoms with E-state index in [0.717, 1.165) is 84.4 Å². The number of aromatic nitrogens is 1. The maximum Gasteiger partial charge on any atom is 0.255 e. The van der Waals surface area contributed by atoms with Gasteiger partial charge in [0, 0.05) is 115 Å². The number of piperazine rings is 1. The lowest BCUT2D eigenvalue weighted by molar-refractivity contribution is -0.139. The number of nitrogens with zero attached hydrogens (tertiary/aromatic N) is 5. The molecule has 370 valence electrons. The number of amides is 4. The van der Waals surface area contributed by atoms with Crippen LogP contribution in [0.3, 0.4) is 0 Å². The molecule has 4 amide bonds. The minimum atomic E-state index is -0.652. The summed E-state index contributed by atoms with van der Waals surface area (Å²) >= 11 is 0. The van der Waals surface area contributed by atoms with Gasteiger partial charge >= 0.3 is 0 Å². The van der Waals surface area contributed by atoms with Gasteiger partial charge in [0.15, 0.2) is 5.78 Å². The lowest BCUT2D eigenvalue weighted by Crippen LogP contribution is -2.55. The molecule has 3 N–H and O–H groups in total. The van der Waals surface area contributed by atoms with Crippen LogP contribution >= 0.6 is 0 Å². The summed E-state index contributed by atoms with van der Waals surface area (Å²) in [5.41, 5.74) is 8.99. The molecule has 1 unspecified atom stereocenters. The molecule has 17 heteroatoms. The van der Waals surface area contributed by atoms with Crippen LogP contribution in [-0.2, 0) is 51.7 Å². The second-order valence-corrected chi connectivity index (χ2v) is 19.3. The number of fused-ring (bicyclic) bond motifs is 5. The number of hydrogen-bond donors (Lipinski definition) is 3. The van der Waals surface area contributed by atoms with Crippen LogP contribution in [0.1, 0.15) is 101 Å². The fourth-order valence-corrected chi connectivity index (χ4v) is 10.9. The van der Waals surface area contributed by atoms with Gasteiger partial charge in [0.05, 0.1) is 63.4 Å². The number of H-pyrrole nitrogens is 1. The van der Waals surface area contributed by atoms with Crippen molar-refractivity contribution in [1.82, 2.24) is 25.0 Å². The SMILES string of the molecule is CCc1cc2c(cc1N1CCC(N3CCN(C(=O)COCCOCCOCCOCCNc4cccc5c4CN(C4CCC(=O)NC4=O)C5=O)CC3)CC1)C(C)(C)c1[nH]c3cc(C#N)ccc3c1C2=O. The van der Waals surface area contributed by atoms with Gasteiger partial charge in [-0.05, 0) is 73.2 Å². The summed E-state index contributed by atoms with van der Waals surface area (Å²) in [6.45, 7) is 15.0. The quantitative estimate of drug-likeness (QED) is 0.0877. The third-order valence-electron chi connectivity index (χ3n) is 14.8. The maximum absolute atomic E-state index is 14.1. The number of ketones is 1. The molecule has 0 spiro atoms. The highest BCUT2D eigenvalue weighted by Crippen LogP contribution is 2.46. The molecule has 4 aromatic rings. The first kappa shape index (κ1) is 48.8. The molecule has 3 fully saturated rings. The Labute approximate surface area is 408 Å². The average molecular weight is 957 g/mol. The third kappa shape index (κ3) is 10.1. The summed E-state index contributed by atoms with van der Waals surface area (Å²) < 4.78 is 22.6. The Balaban J connectivity index is 0.619. The molecular formula is C53H64N8O9. The number of hydrogen-bond acceptors (Lipinski definition) is 13. The Bertz CT molecular complexity index is 2680. The van der Waals surface area contributed by atoms with E-state index in [-0.39, 0.29) is 36.5 Å². The monoisotopic (exact) mass is 956 g/mol. The number of nitriles is 1. The van der Waals surface area contributed by atoms with Crippen molar-refractivity contribution >= 4 is 51.7 Å². The van der Waals surface area contributed by atoms with Gasteiger partial charge in [-0.25, -0.2) is 0 Å². The number of piperidine rings is 2. The topological polar surface area (TPSA) is 199 Å². The summed E-state index contributed by atoms with van der Waals surface area (Å²) in [7, 11) is 0. The van der Waals surface area contributed by atoms with E-state index in [1.165, 1.54) is 11.3 Å². The number of aryl methyl sites for hydroxylation is 1. The van der Waals surface area contributed by atoms with Crippen molar-refractivity contribution in [3.8, 4) is 6.07 Å². The van der Waals surface area contributed by atoms with Crippen LogP contribution < -0.4 is 15.5 Å². The molecule has 5 heterocycles. The molecule has 1 aromatic heterocycles. The van der Waals surface area contributed by atoms with Crippen LogP contribution in [0.25, 0.3) is 10.9 Å². The number of imide groups is 1. The second kappa shape index (κ2) is 21.5. The van der Waals surface area contributed by atoms with Gasteiger partial charge in [0.25, 0.3) is 5.91 Å². The van der Waals surface area contributed by atoms with E-state index in [0.29, 0.717) is 102 Å². The van der Waals surface area contributed by atoms with E-state index < -0.39 is 17.4 Å². The molecule has 1 atom stereocenters. The Morgan fingerprint density at radius 3 is 2.26 bits per heavy atom. The van der Waals surface area contributed by atoms with Crippen LogP contribution in [0.2, 0.25) is 0 Å². The molecule has 3 aromatic carbocycles. The molecule has 3 saturated heterocycles.